The van der Waals surface area contributed by atoms with Gasteiger partial charge in [-0.3, -0.25) is 9.36 Å². The first-order valence-corrected chi connectivity index (χ1v) is 10.3. The van der Waals surface area contributed by atoms with E-state index in [0.29, 0.717) is 23.1 Å². The summed E-state index contributed by atoms with van der Waals surface area (Å²) < 4.78 is 2.79. The highest BCUT2D eigenvalue weighted by molar-refractivity contribution is 9.10. The Hall–Kier alpha value is -2.58. The van der Waals surface area contributed by atoms with Gasteiger partial charge in [0, 0.05) is 16.7 Å². The molecule has 1 aromatic heterocycles. The number of aromatic nitrogens is 3. The SMILES string of the molecule is C=CCn1c(SCC(=O)Nc2ccc(Br)cc2C)nnc1-c1ccccc1O. The summed E-state index contributed by atoms with van der Waals surface area (Å²) >= 11 is 4.70. The fraction of sp³-hybridized carbons (Fsp3) is 0.150. The van der Waals surface area contributed by atoms with Gasteiger partial charge >= 0.3 is 0 Å². The van der Waals surface area contributed by atoms with Gasteiger partial charge in [0.25, 0.3) is 0 Å². The average molecular weight is 459 g/mol. The minimum absolute atomic E-state index is 0.125. The Morgan fingerprint density at radius 2 is 2.11 bits per heavy atom. The summed E-state index contributed by atoms with van der Waals surface area (Å²) in [6, 6.07) is 12.6. The van der Waals surface area contributed by atoms with Gasteiger partial charge in [-0.1, -0.05) is 45.9 Å². The molecule has 28 heavy (non-hydrogen) atoms. The largest absolute Gasteiger partial charge is 0.507 e. The second-order valence-electron chi connectivity index (χ2n) is 6.02. The molecule has 6 nitrogen and oxygen atoms in total. The van der Waals surface area contributed by atoms with E-state index in [1.807, 2.05) is 35.8 Å². The number of amides is 1. The number of aromatic hydroxyl groups is 1. The zero-order valence-electron chi connectivity index (χ0n) is 15.2. The minimum Gasteiger partial charge on any atom is -0.507 e. The molecular formula is C20H19BrN4O2S. The molecule has 0 aliphatic rings. The summed E-state index contributed by atoms with van der Waals surface area (Å²) in [4.78, 5) is 12.4. The van der Waals surface area contributed by atoms with Crippen LogP contribution >= 0.6 is 27.7 Å². The number of para-hydroxylation sites is 1. The number of benzene rings is 2. The maximum atomic E-state index is 12.4. The van der Waals surface area contributed by atoms with E-state index in [1.165, 1.54) is 11.8 Å². The minimum atomic E-state index is -0.132. The van der Waals surface area contributed by atoms with Crippen molar-refractivity contribution in [3.63, 3.8) is 0 Å². The van der Waals surface area contributed by atoms with Crippen molar-refractivity contribution < 1.29 is 9.90 Å². The summed E-state index contributed by atoms with van der Waals surface area (Å²) in [5.74, 6) is 0.712. The second kappa shape index (κ2) is 9.07. The number of allylic oxidation sites excluding steroid dienone is 1. The molecule has 0 bridgehead atoms. The Bertz CT molecular complexity index is 1020. The summed E-state index contributed by atoms with van der Waals surface area (Å²) in [6.07, 6.45) is 1.72. The standard InChI is InChI=1S/C20H19BrN4O2S/c1-3-10-25-19(15-6-4-5-7-17(15)26)23-24-20(25)28-12-18(27)22-16-9-8-14(21)11-13(16)2/h3-9,11,26H,1,10,12H2,2H3,(H,22,27). The van der Waals surface area contributed by atoms with Gasteiger partial charge in [0.05, 0.1) is 11.3 Å². The molecule has 3 rings (SSSR count). The molecular weight excluding hydrogens is 440 g/mol. The number of carbonyl (C=O) groups is 1. The average Bonchev–Trinajstić information content (AvgIpc) is 3.06. The van der Waals surface area contributed by atoms with Crippen LogP contribution in [0.2, 0.25) is 0 Å². The zero-order valence-corrected chi connectivity index (χ0v) is 17.6. The van der Waals surface area contributed by atoms with E-state index in [9.17, 15) is 9.90 Å². The maximum absolute atomic E-state index is 12.4. The van der Waals surface area contributed by atoms with Gasteiger partial charge in [-0.15, -0.1) is 16.8 Å². The van der Waals surface area contributed by atoms with Crippen LogP contribution in [0.3, 0.4) is 0 Å². The van der Waals surface area contributed by atoms with Gasteiger partial charge in [-0.25, -0.2) is 0 Å². The number of carbonyl (C=O) groups excluding carboxylic acids is 1. The summed E-state index contributed by atoms with van der Waals surface area (Å²) in [5, 5.41) is 22.0. The molecule has 0 aliphatic carbocycles. The fourth-order valence-corrected chi connectivity index (χ4v) is 3.86. The number of aryl methyl sites for hydroxylation is 1. The number of hydrogen-bond acceptors (Lipinski definition) is 5. The Morgan fingerprint density at radius 1 is 1.32 bits per heavy atom. The molecule has 0 spiro atoms. The van der Waals surface area contributed by atoms with Gasteiger partial charge < -0.3 is 10.4 Å². The van der Waals surface area contributed by atoms with Gasteiger partial charge in [0.2, 0.25) is 5.91 Å². The van der Waals surface area contributed by atoms with Crippen molar-refractivity contribution >= 4 is 39.3 Å². The number of rotatable bonds is 7. The molecule has 3 aromatic rings. The topological polar surface area (TPSA) is 80.0 Å². The van der Waals surface area contributed by atoms with E-state index in [1.54, 1.807) is 24.3 Å². The lowest BCUT2D eigenvalue weighted by molar-refractivity contribution is -0.113. The van der Waals surface area contributed by atoms with Gasteiger partial charge in [-0.2, -0.15) is 0 Å². The van der Waals surface area contributed by atoms with Crippen molar-refractivity contribution in [2.24, 2.45) is 0 Å². The Morgan fingerprint density at radius 3 is 2.82 bits per heavy atom. The highest BCUT2D eigenvalue weighted by Crippen LogP contribution is 2.30. The Kier molecular flexibility index (Phi) is 6.53. The third kappa shape index (κ3) is 4.63. The van der Waals surface area contributed by atoms with Crippen LogP contribution in [0.25, 0.3) is 11.4 Å². The molecule has 0 atom stereocenters. The Balaban J connectivity index is 1.74. The number of phenols is 1. The molecule has 1 amide bonds. The van der Waals surface area contributed by atoms with E-state index >= 15 is 0 Å². The second-order valence-corrected chi connectivity index (χ2v) is 7.88. The van der Waals surface area contributed by atoms with Crippen LogP contribution in [-0.2, 0) is 11.3 Å². The summed E-state index contributed by atoms with van der Waals surface area (Å²) in [6.45, 7) is 6.17. The molecule has 0 unspecified atom stereocenters. The van der Waals surface area contributed by atoms with Crippen molar-refractivity contribution in [2.45, 2.75) is 18.6 Å². The zero-order chi connectivity index (χ0) is 20.1. The highest BCUT2D eigenvalue weighted by atomic mass is 79.9. The normalized spacial score (nSPS) is 10.6. The van der Waals surface area contributed by atoms with Crippen LogP contribution in [0.1, 0.15) is 5.56 Å². The summed E-state index contributed by atoms with van der Waals surface area (Å²) in [7, 11) is 0. The molecule has 0 radical (unpaired) electrons. The van der Waals surface area contributed by atoms with Crippen LogP contribution in [-0.4, -0.2) is 31.5 Å². The molecule has 8 heteroatoms. The third-order valence-corrected chi connectivity index (χ3v) is 5.43. The predicted molar refractivity (Wildman–Crippen MR) is 116 cm³/mol. The number of anilines is 1. The first kappa shape index (κ1) is 20.2. The number of halogens is 1. The van der Waals surface area contributed by atoms with Crippen LogP contribution < -0.4 is 5.32 Å². The Labute approximate surface area is 175 Å². The number of thioether (sulfide) groups is 1. The van der Waals surface area contributed by atoms with E-state index < -0.39 is 0 Å². The van der Waals surface area contributed by atoms with Gasteiger partial charge in [0.1, 0.15) is 5.75 Å². The molecule has 0 saturated carbocycles. The van der Waals surface area contributed by atoms with Crippen molar-refractivity contribution in [3.8, 4) is 17.1 Å². The first-order valence-electron chi connectivity index (χ1n) is 8.51. The molecule has 1 heterocycles. The van der Waals surface area contributed by atoms with Crippen LogP contribution in [0.15, 0.2) is 64.7 Å². The van der Waals surface area contributed by atoms with Crippen LogP contribution in [0, 0.1) is 6.92 Å². The molecule has 0 aliphatic heterocycles. The third-order valence-electron chi connectivity index (χ3n) is 3.97. The lowest BCUT2D eigenvalue weighted by Gasteiger charge is -2.10. The van der Waals surface area contributed by atoms with Crippen molar-refractivity contribution in [1.29, 1.82) is 0 Å². The number of hydrogen-bond donors (Lipinski definition) is 2. The van der Waals surface area contributed by atoms with E-state index in [0.717, 1.165) is 15.7 Å². The maximum Gasteiger partial charge on any atom is 0.234 e. The monoisotopic (exact) mass is 458 g/mol. The number of phenolic OH excluding ortho intramolecular Hbond substituents is 1. The lowest BCUT2D eigenvalue weighted by Crippen LogP contribution is -2.15. The predicted octanol–water partition coefficient (Wildman–Crippen LogP) is 4.64. The van der Waals surface area contributed by atoms with E-state index in [4.69, 9.17) is 0 Å². The molecule has 0 fully saturated rings. The van der Waals surface area contributed by atoms with Crippen LogP contribution in [0.4, 0.5) is 5.69 Å². The van der Waals surface area contributed by atoms with Gasteiger partial charge in [-0.05, 0) is 42.8 Å². The highest BCUT2D eigenvalue weighted by Gasteiger charge is 2.17. The van der Waals surface area contributed by atoms with Crippen molar-refractivity contribution in [3.05, 3.63) is 65.2 Å². The number of nitrogens with zero attached hydrogens (tertiary/aromatic N) is 3. The van der Waals surface area contributed by atoms with E-state index in [-0.39, 0.29) is 17.4 Å². The molecule has 0 saturated heterocycles. The molecule has 144 valence electrons. The van der Waals surface area contributed by atoms with Crippen molar-refractivity contribution in [1.82, 2.24) is 14.8 Å². The molecule has 2 aromatic carbocycles. The van der Waals surface area contributed by atoms with Gasteiger partial charge in [0.15, 0.2) is 11.0 Å². The lowest BCUT2D eigenvalue weighted by atomic mass is 10.2. The molecule has 2 N–H and O–H groups in total. The van der Waals surface area contributed by atoms with Crippen molar-refractivity contribution in [2.75, 3.05) is 11.1 Å². The first-order chi connectivity index (χ1) is 13.5. The quantitative estimate of drug-likeness (QED) is 0.398. The number of nitrogens with one attached hydrogen (secondary N) is 1. The smallest absolute Gasteiger partial charge is 0.234 e. The van der Waals surface area contributed by atoms with Crippen LogP contribution in [0.5, 0.6) is 5.75 Å². The fourth-order valence-electron chi connectivity index (χ4n) is 2.63. The van der Waals surface area contributed by atoms with E-state index in [2.05, 4.69) is 38.0 Å². The summed E-state index contributed by atoms with van der Waals surface area (Å²) in [5.41, 5.74) is 2.33.